The maximum absolute atomic E-state index is 12.8. The molecule has 2 rings (SSSR count). The van der Waals surface area contributed by atoms with E-state index in [4.69, 9.17) is 0 Å². The highest BCUT2D eigenvalue weighted by Crippen LogP contribution is 2.38. The molecule has 2 N–H and O–H groups in total. The minimum absolute atomic E-state index is 0.184. The summed E-state index contributed by atoms with van der Waals surface area (Å²) in [6.45, 7) is 5.02. The first kappa shape index (κ1) is 15.4. The average molecular weight is 299 g/mol. The molecule has 0 aliphatic carbocycles. The third-order valence-electron chi connectivity index (χ3n) is 3.82. The van der Waals surface area contributed by atoms with E-state index in [1.54, 1.807) is 38.1 Å². The zero-order valence-electron chi connectivity index (χ0n) is 11.9. The van der Waals surface area contributed by atoms with Crippen LogP contribution in [0.15, 0.2) is 29.2 Å². The predicted molar refractivity (Wildman–Crippen MR) is 75.8 cm³/mol. The van der Waals surface area contributed by atoms with E-state index in [-0.39, 0.29) is 4.90 Å². The second kappa shape index (κ2) is 5.11. The van der Waals surface area contributed by atoms with Gasteiger partial charge < -0.3 is 10.2 Å². The molecule has 1 fully saturated rings. The molecule has 1 aromatic carbocycles. The van der Waals surface area contributed by atoms with Crippen LogP contribution >= 0.6 is 0 Å². The van der Waals surface area contributed by atoms with Crippen LogP contribution in [0.1, 0.15) is 25.8 Å². The molecule has 1 aliphatic heterocycles. The fourth-order valence-corrected chi connectivity index (χ4v) is 4.86. The van der Waals surface area contributed by atoms with E-state index in [9.17, 15) is 18.6 Å². The Balaban J connectivity index is 2.49. The van der Waals surface area contributed by atoms with E-state index in [1.165, 1.54) is 4.31 Å². The first-order valence-corrected chi connectivity index (χ1v) is 8.04. The number of aliphatic hydroxyl groups excluding tert-OH is 2. The predicted octanol–water partition coefficient (Wildman–Crippen LogP) is 0.890. The van der Waals surface area contributed by atoms with Crippen LogP contribution in [0.4, 0.5) is 0 Å². The molecule has 0 spiro atoms. The lowest BCUT2D eigenvalue weighted by atomic mass is 10.0. The lowest BCUT2D eigenvalue weighted by Gasteiger charge is -2.33. The van der Waals surface area contributed by atoms with Gasteiger partial charge in [0.25, 0.3) is 0 Å². The second-order valence-corrected chi connectivity index (χ2v) is 7.76. The molecule has 1 heterocycles. The van der Waals surface area contributed by atoms with Crippen LogP contribution in [0.2, 0.25) is 0 Å². The van der Waals surface area contributed by atoms with E-state index in [0.717, 1.165) is 5.56 Å². The van der Waals surface area contributed by atoms with Crippen LogP contribution in [0.5, 0.6) is 0 Å². The molecule has 0 amide bonds. The number of aryl methyl sites for hydroxylation is 1. The molecule has 0 bridgehead atoms. The maximum atomic E-state index is 12.8. The molecule has 2 atom stereocenters. The molecule has 5 nitrogen and oxygen atoms in total. The molecule has 1 saturated heterocycles. The number of aliphatic hydroxyl groups is 2. The zero-order valence-corrected chi connectivity index (χ0v) is 12.8. The topological polar surface area (TPSA) is 77.8 Å². The van der Waals surface area contributed by atoms with Crippen molar-refractivity contribution in [2.24, 2.45) is 0 Å². The Labute approximate surface area is 119 Å². The summed E-state index contributed by atoms with van der Waals surface area (Å²) in [4.78, 5) is 0.184. The lowest BCUT2D eigenvalue weighted by molar-refractivity contribution is 0.0950. The summed E-state index contributed by atoms with van der Waals surface area (Å²) < 4.78 is 26.8. The van der Waals surface area contributed by atoms with Crippen molar-refractivity contribution < 1.29 is 18.6 Å². The number of rotatable bonds is 3. The van der Waals surface area contributed by atoms with Gasteiger partial charge in [-0.1, -0.05) is 17.7 Å². The Hall–Kier alpha value is -0.950. The Morgan fingerprint density at radius 3 is 2.35 bits per heavy atom. The van der Waals surface area contributed by atoms with Gasteiger partial charge in [-0.15, -0.1) is 0 Å². The van der Waals surface area contributed by atoms with Crippen LogP contribution in [0.3, 0.4) is 0 Å². The summed E-state index contributed by atoms with van der Waals surface area (Å²) in [5.41, 5.74) is 0.250. The van der Waals surface area contributed by atoms with E-state index in [2.05, 4.69) is 0 Å². The van der Waals surface area contributed by atoms with Gasteiger partial charge in [0.1, 0.15) is 0 Å². The smallest absolute Gasteiger partial charge is 0.243 e. The summed E-state index contributed by atoms with van der Waals surface area (Å²) in [6.07, 6.45) is -0.543. The van der Waals surface area contributed by atoms with Gasteiger partial charge in [-0.3, -0.25) is 0 Å². The fraction of sp³-hybridized carbons (Fsp3) is 0.571. The van der Waals surface area contributed by atoms with E-state index in [0.29, 0.717) is 6.42 Å². The zero-order chi connectivity index (χ0) is 15.1. The molecule has 0 aromatic heterocycles. The summed E-state index contributed by atoms with van der Waals surface area (Å²) >= 11 is 0. The molecule has 0 unspecified atom stereocenters. The molecule has 1 aliphatic rings. The van der Waals surface area contributed by atoms with Gasteiger partial charge in [-0.25, -0.2) is 8.42 Å². The van der Waals surface area contributed by atoms with E-state index >= 15 is 0 Å². The lowest BCUT2D eigenvalue weighted by Crippen LogP contribution is -2.49. The van der Waals surface area contributed by atoms with Gasteiger partial charge >= 0.3 is 0 Å². The van der Waals surface area contributed by atoms with Gasteiger partial charge in [-0.2, -0.15) is 4.31 Å². The van der Waals surface area contributed by atoms with Crippen molar-refractivity contribution >= 4 is 10.0 Å². The Kier molecular flexibility index (Phi) is 3.94. The van der Waals surface area contributed by atoms with Crippen molar-refractivity contribution in [2.75, 3.05) is 6.61 Å². The van der Waals surface area contributed by atoms with E-state index in [1.807, 2.05) is 6.92 Å². The molecule has 20 heavy (non-hydrogen) atoms. The van der Waals surface area contributed by atoms with Crippen molar-refractivity contribution in [1.29, 1.82) is 0 Å². The summed E-state index contributed by atoms with van der Waals surface area (Å²) in [6, 6.07) is 5.79. The molecule has 0 radical (unpaired) electrons. The SMILES string of the molecule is Cc1ccc(S(=O)(=O)N2[C@H](CO)[C@@H](O)CC2(C)C)cc1. The van der Waals surface area contributed by atoms with Crippen molar-refractivity contribution in [3.63, 3.8) is 0 Å². The first-order chi connectivity index (χ1) is 9.20. The number of sulfonamides is 1. The summed E-state index contributed by atoms with van der Waals surface area (Å²) in [7, 11) is -3.74. The number of hydrogen-bond acceptors (Lipinski definition) is 4. The van der Waals surface area contributed by atoms with Crippen LogP contribution in [0, 0.1) is 6.92 Å². The van der Waals surface area contributed by atoms with Crippen molar-refractivity contribution in [3.05, 3.63) is 29.8 Å². The first-order valence-electron chi connectivity index (χ1n) is 6.60. The van der Waals surface area contributed by atoms with Gasteiger partial charge in [0.15, 0.2) is 0 Å². The molecule has 0 saturated carbocycles. The number of benzene rings is 1. The molecular formula is C14H21NO4S. The number of nitrogens with zero attached hydrogens (tertiary/aromatic N) is 1. The van der Waals surface area contributed by atoms with Gasteiger partial charge in [0, 0.05) is 5.54 Å². The Morgan fingerprint density at radius 2 is 1.85 bits per heavy atom. The van der Waals surface area contributed by atoms with Gasteiger partial charge in [0.05, 0.1) is 23.6 Å². The molecule has 1 aromatic rings. The molecule has 112 valence electrons. The monoisotopic (exact) mass is 299 g/mol. The highest BCUT2D eigenvalue weighted by atomic mass is 32.2. The Morgan fingerprint density at radius 1 is 1.30 bits per heavy atom. The van der Waals surface area contributed by atoms with Crippen LogP contribution < -0.4 is 0 Å². The van der Waals surface area contributed by atoms with Crippen molar-refractivity contribution in [3.8, 4) is 0 Å². The Bertz CT molecular complexity index is 580. The normalized spacial score (nSPS) is 26.9. The largest absolute Gasteiger partial charge is 0.395 e. The highest BCUT2D eigenvalue weighted by molar-refractivity contribution is 7.89. The average Bonchev–Trinajstić information content (AvgIpc) is 2.59. The molecule has 6 heteroatoms. The van der Waals surface area contributed by atoms with E-state index < -0.39 is 34.3 Å². The fourth-order valence-electron chi connectivity index (χ4n) is 2.87. The highest BCUT2D eigenvalue weighted by Gasteiger charge is 2.51. The summed E-state index contributed by atoms with van der Waals surface area (Å²) in [5.74, 6) is 0. The maximum Gasteiger partial charge on any atom is 0.243 e. The molecular weight excluding hydrogens is 278 g/mol. The van der Waals surface area contributed by atoms with Crippen LogP contribution in [0.25, 0.3) is 0 Å². The minimum atomic E-state index is -3.74. The van der Waals surface area contributed by atoms with Gasteiger partial charge in [-0.05, 0) is 39.3 Å². The number of hydrogen-bond donors (Lipinski definition) is 2. The third-order valence-corrected chi connectivity index (χ3v) is 5.97. The van der Waals surface area contributed by atoms with Crippen LogP contribution in [-0.4, -0.2) is 47.2 Å². The van der Waals surface area contributed by atoms with Crippen molar-refractivity contribution in [2.45, 2.75) is 49.8 Å². The third kappa shape index (κ3) is 2.48. The quantitative estimate of drug-likeness (QED) is 0.869. The van der Waals surface area contributed by atoms with Gasteiger partial charge in [0.2, 0.25) is 10.0 Å². The van der Waals surface area contributed by atoms with Crippen molar-refractivity contribution in [1.82, 2.24) is 4.31 Å². The standard InChI is InChI=1S/C14H21NO4S/c1-10-4-6-11(7-5-10)20(18,19)15-12(9-16)13(17)8-14(15,2)3/h4-7,12-13,16-17H,8-9H2,1-3H3/t12-,13+/m1/s1. The van der Waals surface area contributed by atoms with Crippen LogP contribution in [-0.2, 0) is 10.0 Å². The minimum Gasteiger partial charge on any atom is -0.395 e. The second-order valence-electron chi connectivity index (χ2n) is 5.95. The summed E-state index contributed by atoms with van der Waals surface area (Å²) in [5, 5.41) is 19.4.